The van der Waals surface area contributed by atoms with Gasteiger partial charge in [-0.05, 0) is 18.1 Å². The molecule has 0 spiro atoms. The summed E-state index contributed by atoms with van der Waals surface area (Å²) in [6, 6.07) is 3.51. The molecule has 1 saturated carbocycles. The van der Waals surface area contributed by atoms with E-state index in [1.165, 1.54) is 17.4 Å². The molecule has 2 fully saturated rings. The summed E-state index contributed by atoms with van der Waals surface area (Å²) in [6.07, 6.45) is 3.53. The van der Waals surface area contributed by atoms with Crippen LogP contribution in [0.25, 0.3) is 0 Å². The Morgan fingerprint density at radius 3 is 2.52 bits per heavy atom. The van der Waals surface area contributed by atoms with Crippen molar-refractivity contribution >= 4 is 5.91 Å². The fraction of sp³-hybridized carbons (Fsp3) is 0.562. The van der Waals surface area contributed by atoms with Gasteiger partial charge in [0.05, 0.1) is 13.2 Å². The third-order valence-electron chi connectivity index (χ3n) is 4.57. The van der Waals surface area contributed by atoms with E-state index >= 15 is 0 Å². The number of carbonyl (C=O) groups is 1. The van der Waals surface area contributed by atoms with Crippen molar-refractivity contribution in [3.63, 3.8) is 0 Å². The lowest BCUT2D eigenvalue weighted by molar-refractivity contribution is 0.0680. The molecule has 1 aliphatic carbocycles. The molecule has 1 heterocycles. The van der Waals surface area contributed by atoms with Gasteiger partial charge in [-0.25, -0.2) is 8.78 Å². The summed E-state index contributed by atoms with van der Waals surface area (Å²) in [5.74, 6) is -1.32. The zero-order valence-corrected chi connectivity index (χ0v) is 11.9. The average Bonchev–Trinajstić information content (AvgIpc) is 2.62. The fourth-order valence-corrected chi connectivity index (χ4v) is 3.08. The summed E-state index contributed by atoms with van der Waals surface area (Å²) in [5.41, 5.74) is -0.452. The topological polar surface area (TPSA) is 29.5 Å². The van der Waals surface area contributed by atoms with Gasteiger partial charge in [0, 0.05) is 19.0 Å². The van der Waals surface area contributed by atoms with Gasteiger partial charge in [-0.3, -0.25) is 4.79 Å². The summed E-state index contributed by atoms with van der Waals surface area (Å²) < 4.78 is 33.1. The van der Waals surface area contributed by atoms with Gasteiger partial charge < -0.3 is 9.64 Å². The van der Waals surface area contributed by atoms with Crippen LogP contribution in [0.1, 0.15) is 29.6 Å². The van der Waals surface area contributed by atoms with Crippen molar-refractivity contribution in [2.24, 2.45) is 11.8 Å². The standard InChI is InChI=1S/C16H19F2NO2/c17-13-5-2-6-14(18)15(13)16(20)19-7-8-21-10-12(9-19)11-3-1-4-11/h2,5-6,11-12H,1,3-4,7-10H2. The average molecular weight is 295 g/mol. The lowest BCUT2D eigenvalue weighted by Crippen LogP contribution is -2.39. The molecule has 1 amide bonds. The molecule has 1 aliphatic heterocycles. The van der Waals surface area contributed by atoms with Crippen LogP contribution in [0.5, 0.6) is 0 Å². The number of carbonyl (C=O) groups excluding carboxylic acids is 1. The maximum atomic E-state index is 13.8. The molecule has 1 unspecified atom stereocenters. The number of amides is 1. The van der Waals surface area contributed by atoms with E-state index < -0.39 is 23.1 Å². The molecule has 0 aromatic heterocycles. The van der Waals surface area contributed by atoms with Gasteiger partial charge in [-0.15, -0.1) is 0 Å². The molecule has 21 heavy (non-hydrogen) atoms. The number of hydrogen-bond donors (Lipinski definition) is 0. The highest BCUT2D eigenvalue weighted by Gasteiger charge is 2.33. The van der Waals surface area contributed by atoms with Crippen LogP contribution in [0, 0.1) is 23.5 Å². The molecular formula is C16H19F2NO2. The number of benzene rings is 1. The third-order valence-corrected chi connectivity index (χ3v) is 4.57. The predicted octanol–water partition coefficient (Wildman–Crippen LogP) is 2.85. The summed E-state index contributed by atoms with van der Waals surface area (Å²) in [7, 11) is 0. The van der Waals surface area contributed by atoms with Crippen LogP contribution in [0.3, 0.4) is 0 Å². The molecule has 114 valence electrons. The molecule has 0 N–H and O–H groups in total. The largest absolute Gasteiger partial charge is 0.379 e. The maximum Gasteiger partial charge on any atom is 0.259 e. The zero-order chi connectivity index (χ0) is 14.8. The Morgan fingerprint density at radius 2 is 1.90 bits per heavy atom. The Morgan fingerprint density at radius 1 is 1.19 bits per heavy atom. The molecule has 5 heteroatoms. The quantitative estimate of drug-likeness (QED) is 0.839. The number of halogens is 2. The number of hydrogen-bond acceptors (Lipinski definition) is 2. The van der Waals surface area contributed by atoms with E-state index in [1.807, 2.05) is 0 Å². The minimum atomic E-state index is -0.801. The van der Waals surface area contributed by atoms with Crippen LogP contribution in [0.4, 0.5) is 8.78 Å². The van der Waals surface area contributed by atoms with Crippen molar-refractivity contribution in [1.82, 2.24) is 4.90 Å². The number of nitrogens with zero attached hydrogens (tertiary/aromatic N) is 1. The molecule has 3 rings (SSSR count). The fourth-order valence-electron chi connectivity index (χ4n) is 3.08. The van der Waals surface area contributed by atoms with Crippen LogP contribution >= 0.6 is 0 Å². The number of ether oxygens (including phenoxy) is 1. The third kappa shape index (κ3) is 2.93. The molecule has 2 aliphatic rings. The Bertz CT molecular complexity index is 511. The Kier molecular flexibility index (Phi) is 4.19. The second-order valence-electron chi connectivity index (χ2n) is 5.87. The first-order valence-corrected chi connectivity index (χ1v) is 7.48. The first-order chi connectivity index (χ1) is 10.2. The minimum absolute atomic E-state index is 0.278. The SMILES string of the molecule is O=C(c1c(F)cccc1F)N1CCOCC(C2CCC2)C1. The van der Waals surface area contributed by atoms with Crippen LogP contribution in [-0.4, -0.2) is 37.1 Å². The van der Waals surface area contributed by atoms with E-state index in [1.54, 1.807) is 0 Å². The van der Waals surface area contributed by atoms with E-state index in [0.717, 1.165) is 25.0 Å². The Balaban J connectivity index is 1.79. The normalized spacial score (nSPS) is 23.5. The van der Waals surface area contributed by atoms with Crippen molar-refractivity contribution in [3.8, 4) is 0 Å². The van der Waals surface area contributed by atoms with Gasteiger partial charge in [-0.2, -0.15) is 0 Å². The van der Waals surface area contributed by atoms with Gasteiger partial charge in [0.1, 0.15) is 17.2 Å². The summed E-state index contributed by atoms with van der Waals surface area (Å²) >= 11 is 0. The lowest BCUT2D eigenvalue weighted by Gasteiger charge is -2.34. The molecule has 1 saturated heterocycles. The van der Waals surface area contributed by atoms with E-state index in [0.29, 0.717) is 32.2 Å². The Hall–Kier alpha value is -1.49. The van der Waals surface area contributed by atoms with Crippen LogP contribution in [0.15, 0.2) is 18.2 Å². The molecule has 1 atom stereocenters. The highest BCUT2D eigenvalue weighted by Crippen LogP contribution is 2.35. The van der Waals surface area contributed by atoms with Gasteiger partial charge in [0.25, 0.3) is 5.91 Å². The molecular weight excluding hydrogens is 276 g/mol. The molecule has 1 aromatic rings. The smallest absolute Gasteiger partial charge is 0.259 e. The Labute approximate surface area is 122 Å². The molecule has 0 bridgehead atoms. The maximum absolute atomic E-state index is 13.8. The predicted molar refractivity (Wildman–Crippen MR) is 73.9 cm³/mol. The van der Waals surface area contributed by atoms with Gasteiger partial charge in [-0.1, -0.05) is 25.3 Å². The lowest BCUT2D eigenvalue weighted by atomic mass is 9.76. The van der Waals surface area contributed by atoms with Gasteiger partial charge >= 0.3 is 0 Å². The monoisotopic (exact) mass is 295 g/mol. The number of rotatable bonds is 2. The van der Waals surface area contributed by atoms with Crippen molar-refractivity contribution in [3.05, 3.63) is 35.4 Å². The van der Waals surface area contributed by atoms with Crippen molar-refractivity contribution in [2.45, 2.75) is 19.3 Å². The minimum Gasteiger partial charge on any atom is -0.379 e. The van der Waals surface area contributed by atoms with Gasteiger partial charge in [0.15, 0.2) is 0 Å². The van der Waals surface area contributed by atoms with E-state index in [4.69, 9.17) is 4.74 Å². The van der Waals surface area contributed by atoms with E-state index in [2.05, 4.69) is 0 Å². The van der Waals surface area contributed by atoms with Crippen LogP contribution < -0.4 is 0 Å². The van der Waals surface area contributed by atoms with Crippen molar-refractivity contribution in [1.29, 1.82) is 0 Å². The zero-order valence-electron chi connectivity index (χ0n) is 11.9. The van der Waals surface area contributed by atoms with Crippen LogP contribution in [-0.2, 0) is 4.74 Å². The second-order valence-corrected chi connectivity index (χ2v) is 5.87. The van der Waals surface area contributed by atoms with Crippen molar-refractivity contribution < 1.29 is 18.3 Å². The summed E-state index contributed by atoms with van der Waals surface area (Å²) in [5, 5.41) is 0. The van der Waals surface area contributed by atoms with E-state index in [-0.39, 0.29) is 5.92 Å². The molecule has 1 aromatic carbocycles. The molecule has 0 radical (unpaired) electrons. The summed E-state index contributed by atoms with van der Waals surface area (Å²) in [6.45, 7) is 1.96. The first-order valence-electron chi connectivity index (χ1n) is 7.48. The second kappa shape index (κ2) is 6.10. The molecule has 3 nitrogen and oxygen atoms in total. The van der Waals surface area contributed by atoms with Crippen LogP contribution in [0.2, 0.25) is 0 Å². The van der Waals surface area contributed by atoms with Gasteiger partial charge in [0.2, 0.25) is 0 Å². The highest BCUT2D eigenvalue weighted by molar-refractivity contribution is 5.94. The van der Waals surface area contributed by atoms with E-state index in [9.17, 15) is 13.6 Å². The highest BCUT2D eigenvalue weighted by atomic mass is 19.1. The van der Waals surface area contributed by atoms with Crippen molar-refractivity contribution in [2.75, 3.05) is 26.3 Å². The summed E-state index contributed by atoms with van der Waals surface area (Å²) in [4.78, 5) is 14.0. The first kappa shape index (κ1) is 14.4.